The molecule has 0 saturated heterocycles. The first kappa shape index (κ1) is 13.6. The highest BCUT2D eigenvalue weighted by Crippen LogP contribution is 2.34. The van der Waals surface area contributed by atoms with Crippen LogP contribution in [0.3, 0.4) is 0 Å². The van der Waals surface area contributed by atoms with Crippen molar-refractivity contribution in [1.82, 2.24) is 4.57 Å². The number of thiophene rings is 1. The molecule has 0 atom stereocenters. The minimum atomic E-state index is -0.751. The summed E-state index contributed by atoms with van der Waals surface area (Å²) in [5.74, 6) is 0. The second-order valence-corrected chi connectivity index (χ2v) is 5.86. The number of amides is 1. The first-order chi connectivity index (χ1) is 10.0. The molecular formula is C16H14N2O2S. The number of nitrogens with zero attached hydrogens (tertiary/aromatic N) is 1. The van der Waals surface area contributed by atoms with Crippen LogP contribution in [0, 0.1) is 13.8 Å². The van der Waals surface area contributed by atoms with Crippen LogP contribution in [0.5, 0.6) is 0 Å². The molecule has 106 valence electrons. The number of hydrogen-bond acceptors (Lipinski definition) is 3. The monoisotopic (exact) mass is 298 g/mol. The largest absolute Gasteiger partial charge is 0.351 e. The Hall–Kier alpha value is -2.40. The molecule has 3 rings (SSSR count). The van der Waals surface area contributed by atoms with E-state index < -0.39 is 6.03 Å². The number of aryl methyl sites for hydroxylation is 1. The maximum atomic E-state index is 12.5. The van der Waals surface area contributed by atoms with Gasteiger partial charge in [-0.3, -0.25) is 4.79 Å². The zero-order valence-corrected chi connectivity index (χ0v) is 12.5. The summed E-state index contributed by atoms with van der Waals surface area (Å²) in [5.41, 5.74) is 7.52. The fraction of sp³-hybridized carbons (Fsp3) is 0.125. The molecule has 4 nitrogen and oxygen atoms in total. The maximum absolute atomic E-state index is 12.5. The van der Waals surface area contributed by atoms with E-state index in [1.807, 2.05) is 36.6 Å². The summed E-state index contributed by atoms with van der Waals surface area (Å²) in [4.78, 5) is 25.2. The van der Waals surface area contributed by atoms with Crippen molar-refractivity contribution in [2.75, 3.05) is 0 Å². The lowest BCUT2D eigenvalue weighted by atomic mass is 9.98. The predicted octanol–water partition coefficient (Wildman–Crippen LogP) is 3.27. The van der Waals surface area contributed by atoms with Gasteiger partial charge >= 0.3 is 6.03 Å². The molecule has 2 heterocycles. The van der Waals surface area contributed by atoms with Crippen LogP contribution in [-0.2, 0) is 0 Å². The molecular weight excluding hydrogens is 284 g/mol. The van der Waals surface area contributed by atoms with Crippen LogP contribution in [0.4, 0.5) is 4.79 Å². The summed E-state index contributed by atoms with van der Waals surface area (Å²) in [6.45, 7) is 3.72. The van der Waals surface area contributed by atoms with Crippen molar-refractivity contribution >= 4 is 28.1 Å². The minimum absolute atomic E-state index is 0.362. The molecule has 1 aromatic carbocycles. The van der Waals surface area contributed by atoms with E-state index in [0.717, 1.165) is 26.0 Å². The van der Waals surface area contributed by atoms with Crippen molar-refractivity contribution in [3.8, 4) is 10.4 Å². The maximum Gasteiger partial charge on any atom is 0.326 e. The molecule has 0 spiro atoms. The summed E-state index contributed by atoms with van der Waals surface area (Å²) in [7, 11) is 0. The Labute approximate surface area is 125 Å². The van der Waals surface area contributed by atoms with Gasteiger partial charge in [-0.1, -0.05) is 18.2 Å². The van der Waals surface area contributed by atoms with Gasteiger partial charge in [-0.25, -0.2) is 9.36 Å². The third-order valence-corrected chi connectivity index (χ3v) is 4.53. The van der Waals surface area contributed by atoms with Crippen molar-refractivity contribution in [2.45, 2.75) is 13.8 Å². The Morgan fingerprint density at radius 3 is 2.57 bits per heavy atom. The highest BCUT2D eigenvalue weighted by molar-refractivity contribution is 7.13. The van der Waals surface area contributed by atoms with Gasteiger partial charge in [-0.15, -0.1) is 11.3 Å². The van der Waals surface area contributed by atoms with Gasteiger partial charge in [0, 0.05) is 26.9 Å². The first-order valence-corrected chi connectivity index (χ1v) is 7.39. The van der Waals surface area contributed by atoms with Crippen LogP contribution in [0.25, 0.3) is 21.2 Å². The Balaban J connectivity index is 2.62. The number of carbonyl (C=O) groups excluding carboxylic acids is 1. The van der Waals surface area contributed by atoms with Crippen molar-refractivity contribution in [1.29, 1.82) is 0 Å². The molecule has 2 aromatic heterocycles. The predicted molar refractivity (Wildman–Crippen MR) is 86.0 cm³/mol. The van der Waals surface area contributed by atoms with Crippen molar-refractivity contribution in [2.24, 2.45) is 5.73 Å². The zero-order valence-electron chi connectivity index (χ0n) is 11.7. The molecule has 0 aliphatic carbocycles. The number of nitrogens with two attached hydrogens (primary N) is 1. The van der Waals surface area contributed by atoms with E-state index in [1.165, 1.54) is 0 Å². The summed E-state index contributed by atoms with van der Waals surface area (Å²) in [6, 6.07) is 8.70. The van der Waals surface area contributed by atoms with Gasteiger partial charge in [-0.2, -0.15) is 0 Å². The van der Waals surface area contributed by atoms with Gasteiger partial charge in [0.1, 0.15) is 0 Å². The first-order valence-electron chi connectivity index (χ1n) is 6.51. The second-order valence-electron chi connectivity index (χ2n) is 4.91. The van der Waals surface area contributed by atoms with Gasteiger partial charge in [-0.05, 0) is 36.9 Å². The van der Waals surface area contributed by atoms with Gasteiger partial charge in [0.25, 0.3) is 5.56 Å². The topological polar surface area (TPSA) is 65.1 Å². The van der Waals surface area contributed by atoms with E-state index in [4.69, 9.17) is 5.73 Å². The number of benzene rings is 1. The molecule has 5 heteroatoms. The molecule has 0 aliphatic heterocycles. The van der Waals surface area contributed by atoms with E-state index in [-0.39, 0.29) is 5.56 Å². The number of carbonyl (C=O) groups is 1. The van der Waals surface area contributed by atoms with E-state index in [2.05, 4.69) is 0 Å². The summed E-state index contributed by atoms with van der Waals surface area (Å²) < 4.78 is 1.05. The summed E-state index contributed by atoms with van der Waals surface area (Å²) >= 11 is 1.57. The van der Waals surface area contributed by atoms with Crippen molar-refractivity contribution in [3.63, 3.8) is 0 Å². The lowest BCUT2D eigenvalue weighted by molar-refractivity contribution is 0.249. The lowest BCUT2D eigenvalue weighted by Crippen LogP contribution is -2.34. The normalized spacial score (nSPS) is 11.0. The SMILES string of the molecule is Cc1cccc2c(=O)n(C(N)=O)c(C)c(-c3cccs3)c12. The van der Waals surface area contributed by atoms with Gasteiger partial charge in [0.05, 0.1) is 0 Å². The van der Waals surface area contributed by atoms with E-state index in [9.17, 15) is 9.59 Å². The summed E-state index contributed by atoms with van der Waals surface area (Å²) in [6.07, 6.45) is 0. The molecule has 0 bridgehead atoms. The minimum Gasteiger partial charge on any atom is -0.351 e. The Bertz CT molecular complexity index is 908. The summed E-state index contributed by atoms with van der Waals surface area (Å²) in [5, 5.41) is 3.38. The van der Waals surface area contributed by atoms with E-state index in [1.54, 1.807) is 24.3 Å². The standard InChI is InChI=1S/C16H14N2O2S/c1-9-5-3-6-11-13(9)14(12-7-4-8-21-12)10(2)18(15(11)19)16(17)20/h3-8H,1-2H3,(H2,17,20). The number of primary amides is 1. The van der Waals surface area contributed by atoms with Crippen molar-refractivity contribution < 1.29 is 4.79 Å². The van der Waals surface area contributed by atoms with Crippen LogP contribution >= 0.6 is 11.3 Å². The van der Waals surface area contributed by atoms with Crippen molar-refractivity contribution in [3.05, 3.63) is 57.3 Å². The molecule has 0 radical (unpaired) electrons. The molecule has 0 aliphatic rings. The quantitative estimate of drug-likeness (QED) is 0.749. The third kappa shape index (κ3) is 1.97. The Morgan fingerprint density at radius 2 is 1.95 bits per heavy atom. The third-order valence-electron chi connectivity index (χ3n) is 3.64. The zero-order chi connectivity index (χ0) is 15.1. The molecule has 0 fully saturated rings. The van der Waals surface area contributed by atoms with Crippen LogP contribution in [0.2, 0.25) is 0 Å². The van der Waals surface area contributed by atoms with Crippen LogP contribution in [0.15, 0.2) is 40.5 Å². The van der Waals surface area contributed by atoms with E-state index in [0.29, 0.717) is 11.1 Å². The Morgan fingerprint density at radius 1 is 1.19 bits per heavy atom. The highest BCUT2D eigenvalue weighted by atomic mass is 32.1. The Kier molecular flexibility index (Phi) is 3.14. The molecule has 21 heavy (non-hydrogen) atoms. The lowest BCUT2D eigenvalue weighted by Gasteiger charge is -2.15. The number of pyridine rings is 1. The van der Waals surface area contributed by atoms with Gasteiger partial charge < -0.3 is 5.73 Å². The number of rotatable bonds is 1. The van der Waals surface area contributed by atoms with Gasteiger partial charge in [0.15, 0.2) is 0 Å². The molecule has 0 unspecified atom stereocenters. The second kappa shape index (κ2) is 4.86. The molecule has 0 saturated carbocycles. The smallest absolute Gasteiger partial charge is 0.326 e. The average molecular weight is 298 g/mol. The van der Waals surface area contributed by atoms with Crippen LogP contribution in [0.1, 0.15) is 11.3 Å². The fourth-order valence-electron chi connectivity index (χ4n) is 2.73. The fourth-order valence-corrected chi connectivity index (χ4v) is 3.56. The highest BCUT2D eigenvalue weighted by Gasteiger charge is 2.19. The number of hydrogen-bond donors (Lipinski definition) is 1. The molecule has 3 aromatic rings. The number of fused-ring (bicyclic) bond motifs is 1. The molecule has 2 N–H and O–H groups in total. The van der Waals surface area contributed by atoms with Gasteiger partial charge in [0.2, 0.25) is 0 Å². The van der Waals surface area contributed by atoms with Crippen LogP contribution < -0.4 is 11.3 Å². The molecule has 1 amide bonds. The average Bonchev–Trinajstić information content (AvgIpc) is 2.93. The van der Waals surface area contributed by atoms with E-state index >= 15 is 0 Å². The number of aromatic nitrogens is 1. The van der Waals surface area contributed by atoms with Crippen LogP contribution in [-0.4, -0.2) is 10.6 Å².